The number of amides is 3. The molecule has 3 heterocycles. The summed E-state index contributed by atoms with van der Waals surface area (Å²) < 4.78 is 10.6. The van der Waals surface area contributed by atoms with Crippen LogP contribution in [0.5, 0.6) is 0 Å². The van der Waals surface area contributed by atoms with E-state index in [-0.39, 0.29) is 5.76 Å². The third-order valence-electron chi connectivity index (χ3n) is 3.55. The average Bonchev–Trinajstić information content (AvgIpc) is 3.05. The van der Waals surface area contributed by atoms with Gasteiger partial charge in [0.05, 0.1) is 5.41 Å². The Morgan fingerprint density at radius 3 is 2.83 bits per heavy atom. The van der Waals surface area contributed by atoms with Crippen LogP contribution in [-0.4, -0.2) is 34.5 Å². The van der Waals surface area contributed by atoms with Gasteiger partial charge in [0, 0.05) is 12.3 Å². The van der Waals surface area contributed by atoms with Crippen molar-refractivity contribution in [3.05, 3.63) is 30.2 Å². The zero-order valence-electron chi connectivity index (χ0n) is 13.5. The van der Waals surface area contributed by atoms with Crippen LogP contribution in [0.4, 0.5) is 4.79 Å². The van der Waals surface area contributed by atoms with E-state index in [0.717, 1.165) is 4.90 Å². The molecule has 126 valence electrons. The lowest BCUT2D eigenvalue weighted by Gasteiger charge is -2.19. The van der Waals surface area contributed by atoms with E-state index < -0.39 is 36.1 Å². The van der Waals surface area contributed by atoms with Crippen molar-refractivity contribution in [3.63, 3.8) is 0 Å². The van der Waals surface area contributed by atoms with Gasteiger partial charge >= 0.3 is 12.0 Å². The van der Waals surface area contributed by atoms with E-state index in [1.54, 1.807) is 45.2 Å². The number of imide groups is 1. The molecule has 24 heavy (non-hydrogen) atoms. The van der Waals surface area contributed by atoms with Gasteiger partial charge in [-0.15, -0.1) is 0 Å². The molecule has 0 aromatic carbocycles. The Hall–Kier alpha value is -2.90. The van der Waals surface area contributed by atoms with Crippen molar-refractivity contribution in [2.45, 2.75) is 26.8 Å². The highest BCUT2D eigenvalue weighted by Gasteiger charge is 2.42. The minimum atomic E-state index is -0.958. The van der Waals surface area contributed by atoms with Crippen molar-refractivity contribution >= 4 is 29.0 Å². The number of furan rings is 1. The SMILES string of the molecule is CC(C)(C)C(=O)OCN1C(=O)N[C@@H](c2cc3ncccc3o2)C1=O. The van der Waals surface area contributed by atoms with Crippen LogP contribution in [0, 0.1) is 5.41 Å². The van der Waals surface area contributed by atoms with Crippen LogP contribution < -0.4 is 5.32 Å². The maximum Gasteiger partial charge on any atom is 0.327 e. The molecular formula is C16H17N3O5. The summed E-state index contributed by atoms with van der Waals surface area (Å²) in [6, 6.07) is 3.43. The van der Waals surface area contributed by atoms with Gasteiger partial charge < -0.3 is 14.5 Å². The first-order chi connectivity index (χ1) is 11.3. The minimum Gasteiger partial charge on any atom is -0.457 e. The van der Waals surface area contributed by atoms with Crippen LogP contribution in [-0.2, 0) is 14.3 Å². The van der Waals surface area contributed by atoms with Crippen molar-refractivity contribution < 1.29 is 23.5 Å². The Kier molecular flexibility index (Phi) is 3.75. The smallest absolute Gasteiger partial charge is 0.327 e. The summed E-state index contributed by atoms with van der Waals surface area (Å²) in [6.45, 7) is 4.62. The highest BCUT2D eigenvalue weighted by atomic mass is 16.5. The number of esters is 1. The van der Waals surface area contributed by atoms with Gasteiger partial charge in [-0.05, 0) is 32.9 Å². The standard InChI is InChI=1S/C16H17N3O5/c1-16(2,3)14(21)23-8-19-13(20)12(18-15(19)22)11-7-9-10(24-11)5-4-6-17-9/h4-7,12H,8H2,1-3H3,(H,18,22)/t12-/m0/s1. The van der Waals surface area contributed by atoms with Gasteiger partial charge in [-0.2, -0.15) is 0 Å². The molecule has 1 atom stereocenters. The first-order valence-corrected chi connectivity index (χ1v) is 7.41. The molecule has 0 radical (unpaired) electrons. The molecule has 1 saturated heterocycles. The molecule has 0 bridgehead atoms. The molecule has 8 nitrogen and oxygen atoms in total. The number of fused-ring (bicyclic) bond motifs is 1. The lowest BCUT2D eigenvalue weighted by Crippen LogP contribution is -2.36. The molecule has 3 rings (SSSR count). The summed E-state index contributed by atoms with van der Waals surface area (Å²) in [5, 5.41) is 2.52. The lowest BCUT2D eigenvalue weighted by molar-refractivity contribution is -0.158. The first kappa shape index (κ1) is 16.0. The van der Waals surface area contributed by atoms with Gasteiger partial charge in [0.25, 0.3) is 5.91 Å². The molecule has 0 unspecified atom stereocenters. The number of carbonyl (C=O) groups is 3. The van der Waals surface area contributed by atoms with Crippen LogP contribution in [0.25, 0.3) is 11.1 Å². The van der Waals surface area contributed by atoms with Gasteiger partial charge in [0.1, 0.15) is 11.3 Å². The van der Waals surface area contributed by atoms with E-state index in [9.17, 15) is 14.4 Å². The molecule has 1 aliphatic rings. The number of nitrogens with zero attached hydrogens (tertiary/aromatic N) is 2. The summed E-state index contributed by atoms with van der Waals surface area (Å²) in [7, 11) is 0. The number of ether oxygens (including phenoxy) is 1. The number of aromatic nitrogens is 1. The number of nitrogens with one attached hydrogen (secondary N) is 1. The van der Waals surface area contributed by atoms with E-state index >= 15 is 0 Å². The second kappa shape index (κ2) is 5.63. The molecule has 2 aromatic rings. The minimum absolute atomic E-state index is 0.284. The van der Waals surface area contributed by atoms with Gasteiger partial charge in [-0.25, -0.2) is 9.69 Å². The summed E-state index contributed by atoms with van der Waals surface area (Å²) in [5.41, 5.74) is 0.391. The van der Waals surface area contributed by atoms with Gasteiger partial charge in [-0.3, -0.25) is 14.6 Å². The van der Waals surface area contributed by atoms with E-state index in [2.05, 4.69) is 10.3 Å². The summed E-state index contributed by atoms with van der Waals surface area (Å²) >= 11 is 0. The van der Waals surface area contributed by atoms with Crippen LogP contribution in [0.2, 0.25) is 0 Å². The highest BCUT2D eigenvalue weighted by Crippen LogP contribution is 2.27. The third kappa shape index (κ3) is 2.82. The van der Waals surface area contributed by atoms with Gasteiger partial charge in [0.15, 0.2) is 18.4 Å². The van der Waals surface area contributed by atoms with E-state index in [4.69, 9.17) is 9.15 Å². The normalized spacial score (nSPS) is 18.1. The molecule has 0 spiro atoms. The van der Waals surface area contributed by atoms with E-state index in [0.29, 0.717) is 11.1 Å². The third-order valence-corrected chi connectivity index (χ3v) is 3.55. The van der Waals surface area contributed by atoms with Crippen LogP contribution in [0.3, 0.4) is 0 Å². The van der Waals surface area contributed by atoms with Gasteiger partial charge in [0.2, 0.25) is 0 Å². The van der Waals surface area contributed by atoms with Gasteiger partial charge in [-0.1, -0.05) is 0 Å². The lowest BCUT2D eigenvalue weighted by atomic mass is 9.98. The van der Waals surface area contributed by atoms with Crippen molar-refractivity contribution in [2.75, 3.05) is 6.73 Å². The number of pyridine rings is 1. The van der Waals surface area contributed by atoms with Crippen molar-refractivity contribution in [1.82, 2.24) is 15.2 Å². The van der Waals surface area contributed by atoms with E-state index in [1.165, 1.54) is 0 Å². The topological polar surface area (TPSA) is 102 Å². The first-order valence-electron chi connectivity index (χ1n) is 7.41. The second-order valence-corrected chi connectivity index (χ2v) is 6.50. The molecule has 8 heteroatoms. The highest BCUT2D eigenvalue weighted by molar-refractivity contribution is 6.04. The molecule has 0 aliphatic carbocycles. The Morgan fingerprint density at radius 1 is 1.42 bits per heavy atom. The predicted octanol–water partition coefficient (Wildman–Crippen LogP) is 1.97. The maximum atomic E-state index is 12.4. The Balaban J connectivity index is 1.75. The summed E-state index contributed by atoms with van der Waals surface area (Å²) in [4.78, 5) is 41.2. The largest absolute Gasteiger partial charge is 0.457 e. The summed E-state index contributed by atoms with van der Waals surface area (Å²) in [5.74, 6) is -0.757. The second-order valence-electron chi connectivity index (χ2n) is 6.50. The van der Waals surface area contributed by atoms with Crippen molar-refractivity contribution in [3.8, 4) is 0 Å². The quantitative estimate of drug-likeness (QED) is 0.681. The number of rotatable bonds is 3. The van der Waals surface area contributed by atoms with Crippen LogP contribution >= 0.6 is 0 Å². The molecule has 1 N–H and O–H groups in total. The van der Waals surface area contributed by atoms with Crippen LogP contribution in [0.1, 0.15) is 32.6 Å². The Bertz CT molecular complexity index is 787. The summed E-state index contributed by atoms with van der Waals surface area (Å²) in [6.07, 6.45) is 1.61. The molecule has 2 aromatic heterocycles. The van der Waals surface area contributed by atoms with Crippen molar-refractivity contribution in [2.24, 2.45) is 5.41 Å². The molecule has 3 amide bonds. The number of hydrogen-bond acceptors (Lipinski definition) is 6. The predicted molar refractivity (Wildman–Crippen MR) is 82.5 cm³/mol. The number of hydrogen-bond donors (Lipinski definition) is 1. The fourth-order valence-corrected chi connectivity index (χ4v) is 2.20. The van der Waals surface area contributed by atoms with E-state index in [1.807, 2.05) is 0 Å². The molecule has 0 saturated carbocycles. The number of urea groups is 1. The fraction of sp³-hybridized carbons (Fsp3) is 0.375. The molecule has 1 fully saturated rings. The Morgan fingerprint density at radius 2 is 2.17 bits per heavy atom. The zero-order chi connectivity index (χ0) is 17.5. The van der Waals surface area contributed by atoms with Crippen molar-refractivity contribution in [1.29, 1.82) is 0 Å². The average molecular weight is 331 g/mol. The fourth-order valence-electron chi connectivity index (χ4n) is 2.20. The molecule has 1 aliphatic heterocycles. The number of carbonyl (C=O) groups excluding carboxylic acids is 3. The van der Waals surface area contributed by atoms with Crippen LogP contribution in [0.15, 0.2) is 28.8 Å². The maximum absolute atomic E-state index is 12.4. The zero-order valence-corrected chi connectivity index (χ0v) is 13.5. The Labute approximate surface area is 137 Å². The monoisotopic (exact) mass is 331 g/mol. The molecular weight excluding hydrogens is 314 g/mol.